The zero-order valence-electron chi connectivity index (χ0n) is 12.6. The molecule has 0 bridgehead atoms. The number of nitrogen functional groups attached to an aromatic ring is 1. The maximum atomic E-state index is 12.4. The van der Waals surface area contributed by atoms with Gasteiger partial charge in [-0.3, -0.25) is 10.6 Å². The van der Waals surface area contributed by atoms with Crippen LogP contribution in [0.2, 0.25) is 0 Å². The molecule has 4 nitrogen and oxygen atoms in total. The first-order valence-corrected chi connectivity index (χ1v) is 7.39. The van der Waals surface area contributed by atoms with E-state index in [1.165, 1.54) is 12.8 Å². The number of nitrogens with one attached hydrogen (secondary N) is 2. The topological polar surface area (TPSA) is 67.2 Å². The van der Waals surface area contributed by atoms with Crippen LogP contribution < -0.4 is 16.6 Å². The summed E-state index contributed by atoms with van der Waals surface area (Å²) in [5, 5.41) is 3.17. The fourth-order valence-corrected chi connectivity index (χ4v) is 3.10. The molecule has 1 fully saturated rings. The summed E-state index contributed by atoms with van der Waals surface area (Å²) in [6.07, 6.45) is 3.43. The van der Waals surface area contributed by atoms with Crippen molar-refractivity contribution in [1.82, 2.24) is 5.32 Å². The maximum Gasteiger partial charge on any atom is 0.253 e. The van der Waals surface area contributed by atoms with Crippen molar-refractivity contribution < 1.29 is 4.79 Å². The van der Waals surface area contributed by atoms with Crippen LogP contribution in [0.15, 0.2) is 18.2 Å². The second kappa shape index (κ2) is 6.27. The predicted molar refractivity (Wildman–Crippen MR) is 82.4 cm³/mol. The fourth-order valence-electron chi connectivity index (χ4n) is 3.10. The van der Waals surface area contributed by atoms with E-state index < -0.39 is 0 Å². The number of benzene rings is 1. The summed E-state index contributed by atoms with van der Waals surface area (Å²) in [5.41, 5.74) is 4.98. The normalized spacial score (nSPS) is 26.1. The molecule has 3 atom stereocenters. The highest BCUT2D eigenvalue weighted by Gasteiger charge is 2.27. The Labute approximate surface area is 121 Å². The first kappa shape index (κ1) is 14.9. The molecule has 4 N–H and O–H groups in total. The number of hydrogen-bond donors (Lipinski definition) is 3. The highest BCUT2D eigenvalue weighted by Crippen LogP contribution is 2.29. The molecule has 1 aromatic rings. The van der Waals surface area contributed by atoms with E-state index in [1.54, 1.807) is 0 Å². The van der Waals surface area contributed by atoms with Gasteiger partial charge in [0, 0.05) is 6.04 Å². The molecule has 1 amide bonds. The van der Waals surface area contributed by atoms with Crippen LogP contribution in [-0.4, -0.2) is 11.9 Å². The van der Waals surface area contributed by atoms with Gasteiger partial charge in [-0.05, 0) is 55.7 Å². The molecule has 1 aromatic carbocycles. The molecule has 0 radical (unpaired) electrons. The van der Waals surface area contributed by atoms with E-state index in [0.717, 1.165) is 17.9 Å². The zero-order valence-corrected chi connectivity index (χ0v) is 12.6. The van der Waals surface area contributed by atoms with Crippen LogP contribution in [0, 0.1) is 18.8 Å². The van der Waals surface area contributed by atoms with Gasteiger partial charge in [0.2, 0.25) is 0 Å². The van der Waals surface area contributed by atoms with Crippen molar-refractivity contribution in [2.45, 2.75) is 46.1 Å². The van der Waals surface area contributed by atoms with E-state index in [0.29, 0.717) is 17.2 Å². The second-order valence-electron chi connectivity index (χ2n) is 6.17. The molecule has 0 heterocycles. The van der Waals surface area contributed by atoms with Gasteiger partial charge >= 0.3 is 0 Å². The van der Waals surface area contributed by atoms with Gasteiger partial charge in [0.15, 0.2) is 0 Å². The number of carbonyl (C=O) groups excluding carboxylic acids is 1. The van der Waals surface area contributed by atoms with Crippen LogP contribution in [0.4, 0.5) is 5.69 Å². The Morgan fingerprint density at radius 2 is 2.05 bits per heavy atom. The van der Waals surface area contributed by atoms with Gasteiger partial charge in [-0.2, -0.15) is 0 Å². The van der Waals surface area contributed by atoms with Crippen molar-refractivity contribution in [3.63, 3.8) is 0 Å². The molecule has 3 unspecified atom stereocenters. The quantitative estimate of drug-likeness (QED) is 0.587. The predicted octanol–water partition coefficient (Wildman–Crippen LogP) is 2.84. The summed E-state index contributed by atoms with van der Waals surface area (Å²) in [5.74, 6) is 6.76. The molecule has 110 valence electrons. The average Bonchev–Trinajstić information content (AvgIpc) is 2.41. The van der Waals surface area contributed by atoms with Crippen LogP contribution in [0.3, 0.4) is 0 Å². The SMILES string of the molecule is Cc1ccc(C(=O)NC2CCC(C)CC2C)c(NN)c1. The lowest BCUT2D eigenvalue weighted by molar-refractivity contribution is 0.0900. The van der Waals surface area contributed by atoms with Crippen LogP contribution in [0.25, 0.3) is 0 Å². The first-order valence-electron chi connectivity index (χ1n) is 7.39. The smallest absolute Gasteiger partial charge is 0.253 e. The minimum absolute atomic E-state index is 0.0376. The van der Waals surface area contributed by atoms with E-state index in [9.17, 15) is 4.79 Å². The summed E-state index contributed by atoms with van der Waals surface area (Å²) in [4.78, 5) is 12.4. The molecule has 1 saturated carbocycles. The monoisotopic (exact) mass is 275 g/mol. The molecule has 20 heavy (non-hydrogen) atoms. The Balaban J connectivity index is 2.08. The Kier molecular flexibility index (Phi) is 4.65. The summed E-state index contributed by atoms with van der Waals surface area (Å²) in [7, 11) is 0. The standard InChI is InChI=1S/C16H25N3O/c1-10-5-7-14(12(3)8-10)18-16(20)13-6-4-11(2)9-15(13)19-17/h4,6,9-10,12,14,19H,5,7-8,17H2,1-3H3,(H,18,20). The van der Waals surface area contributed by atoms with Crippen molar-refractivity contribution in [2.75, 3.05) is 5.43 Å². The van der Waals surface area contributed by atoms with Gasteiger partial charge in [-0.1, -0.05) is 19.9 Å². The van der Waals surface area contributed by atoms with Crippen LogP contribution in [0.5, 0.6) is 0 Å². The Hall–Kier alpha value is -1.55. The number of carbonyl (C=O) groups is 1. The van der Waals surface area contributed by atoms with E-state index in [1.807, 2.05) is 25.1 Å². The van der Waals surface area contributed by atoms with Gasteiger partial charge in [0.1, 0.15) is 0 Å². The number of anilines is 1. The van der Waals surface area contributed by atoms with Gasteiger partial charge < -0.3 is 10.7 Å². The lowest BCUT2D eigenvalue weighted by atomic mass is 9.80. The van der Waals surface area contributed by atoms with E-state index in [-0.39, 0.29) is 11.9 Å². The summed E-state index contributed by atoms with van der Waals surface area (Å²) < 4.78 is 0. The molecule has 4 heteroatoms. The molecular formula is C16H25N3O. The van der Waals surface area contributed by atoms with E-state index in [2.05, 4.69) is 24.6 Å². The van der Waals surface area contributed by atoms with E-state index >= 15 is 0 Å². The highest BCUT2D eigenvalue weighted by atomic mass is 16.1. The van der Waals surface area contributed by atoms with Crippen LogP contribution in [-0.2, 0) is 0 Å². The van der Waals surface area contributed by atoms with Crippen molar-refractivity contribution in [3.05, 3.63) is 29.3 Å². The number of hydrogen-bond acceptors (Lipinski definition) is 3. The Morgan fingerprint density at radius 3 is 2.70 bits per heavy atom. The zero-order chi connectivity index (χ0) is 14.7. The van der Waals surface area contributed by atoms with Crippen molar-refractivity contribution in [1.29, 1.82) is 0 Å². The Bertz CT molecular complexity index is 487. The number of nitrogens with two attached hydrogens (primary N) is 1. The highest BCUT2D eigenvalue weighted by molar-refractivity contribution is 5.99. The molecule has 0 aliphatic heterocycles. The molecule has 0 aromatic heterocycles. The molecular weight excluding hydrogens is 250 g/mol. The second-order valence-corrected chi connectivity index (χ2v) is 6.17. The third kappa shape index (κ3) is 3.31. The molecule has 0 spiro atoms. The molecule has 2 rings (SSSR count). The summed E-state index contributed by atoms with van der Waals surface area (Å²) >= 11 is 0. The molecule has 1 aliphatic rings. The van der Waals surface area contributed by atoms with Gasteiger partial charge in [0.05, 0.1) is 11.3 Å². The minimum Gasteiger partial charge on any atom is -0.349 e. The summed E-state index contributed by atoms with van der Waals surface area (Å²) in [6, 6.07) is 5.92. The lowest BCUT2D eigenvalue weighted by Gasteiger charge is -2.33. The van der Waals surface area contributed by atoms with Crippen LogP contribution >= 0.6 is 0 Å². The third-order valence-corrected chi connectivity index (χ3v) is 4.32. The third-order valence-electron chi connectivity index (χ3n) is 4.32. The van der Waals surface area contributed by atoms with Gasteiger partial charge in [-0.25, -0.2) is 0 Å². The summed E-state index contributed by atoms with van der Waals surface area (Å²) in [6.45, 7) is 6.48. The first-order chi connectivity index (χ1) is 9.51. The molecule has 0 saturated heterocycles. The van der Waals surface area contributed by atoms with Crippen molar-refractivity contribution in [3.8, 4) is 0 Å². The van der Waals surface area contributed by atoms with Crippen molar-refractivity contribution in [2.24, 2.45) is 17.7 Å². The number of aryl methyl sites for hydroxylation is 1. The average molecular weight is 275 g/mol. The Morgan fingerprint density at radius 1 is 1.30 bits per heavy atom. The van der Waals surface area contributed by atoms with E-state index in [4.69, 9.17) is 5.84 Å². The number of hydrazine groups is 1. The minimum atomic E-state index is -0.0376. The lowest BCUT2D eigenvalue weighted by Crippen LogP contribution is -2.42. The van der Waals surface area contributed by atoms with Crippen molar-refractivity contribution >= 4 is 11.6 Å². The number of amides is 1. The largest absolute Gasteiger partial charge is 0.349 e. The maximum absolute atomic E-state index is 12.4. The van der Waals surface area contributed by atoms with Gasteiger partial charge in [0.25, 0.3) is 5.91 Å². The molecule has 1 aliphatic carbocycles. The van der Waals surface area contributed by atoms with Crippen LogP contribution in [0.1, 0.15) is 49.0 Å². The fraction of sp³-hybridized carbons (Fsp3) is 0.562. The number of rotatable bonds is 3. The van der Waals surface area contributed by atoms with Gasteiger partial charge in [-0.15, -0.1) is 0 Å².